The molecule has 18 heavy (non-hydrogen) atoms. The molecule has 108 valence electrons. The molecular formula is C14H29NO3. The Morgan fingerprint density at radius 1 is 1.22 bits per heavy atom. The van der Waals surface area contributed by atoms with Gasteiger partial charge in [0, 0.05) is 12.6 Å². The molecule has 0 spiro atoms. The molecule has 0 aromatic rings. The Morgan fingerprint density at radius 2 is 1.94 bits per heavy atom. The maximum Gasteiger partial charge on any atom is 0.0900 e. The van der Waals surface area contributed by atoms with E-state index in [0.717, 1.165) is 19.4 Å². The van der Waals surface area contributed by atoms with Crippen LogP contribution < -0.4 is 0 Å². The lowest BCUT2D eigenvalue weighted by atomic mass is 9.97. The summed E-state index contributed by atoms with van der Waals surface area (Å²) in [4.78, 5) is 2.31. The highest BCUT2D eigenvalue weighted by Gasteiger charge is 2.25. The number of ether oxygens (including phenoxy) is 1. The van der Waals surface area contributed by atoms with Crippen LogP contribution in [0.5, 0.6) is 0 Å². The van der Waals surface area contributed by atoms with Crippen molar-refractivity contribution in [2.75, 3.05) is 19.7 Å². The number of likely N-dealkylation sites (tertiary alicyclic amines) is 1. The van der Waals surface area contributed by atoms with Crippen LogP contribution in [0.3, 0.4) is 0 Å². The first-order chi connectivity index (χ1) is 8.49. The Bertz CT molecular complexity index is 221. The maximum absolute atomic E-state index is 9.97. The predicted octanol–water partition coefficient (Wildman–Crippen LogP) is 1.40. The second kappa shape index (κ2) is 8.10. The van der Waals surface area contributed by atoms with Crippen LogP contribution in [0.25, 0.3) is 0 Å². The van der Waals surface area contributed by atoms with Gasteiger partial charge in [-0.1, -0.05) is 6.42 Å². The number of β-amino-alcohol motifs (C(OH)–C–C–N with tert-alkyl or cyclic N) is 1. The minimum atomic E-state index is -0.429. The number of rotatable bonds is 7. The van der Waals surface area contributed by atoms with E-state index in [9.17, 15) is 10.2 Å². The van der Waals surface area contributed by atoms with Crippen molar-refractivity contribution in [2.24, 2.45) is 0 Å². The van der Waals surface area contributed by atoms with Gasteiger partial charge in [-0.15, -0.1) is 0 Å². The molecule has 0 saturated carbocycles. The number of aliphatic hydroxyl groups excluding tert-OH is 2. The zero-order chi connectivity index (χ0) is 13.5. The van der Waals surface area contributed by atoms with Crippen LogP contribution in [-0.2, 0) is 4.74 Å². The fourth-order valence-electron chi connectivity index (χ4n) is 2.59. The summed E-state index contributed by atoms with van der Waals surface area (Å²) in [6, 6.07) is 0.410. The van der Waals surface area contributed by atoms with Crippen LogP contribution in [0.15, 0.2) is 0 Å². The van der Waals surface area contributed by atoms with E-state index in [0.29, 0.717) is 19.2 Å². The van der Waals surface area contributed by atoms with Crippen LogP contribution in [0, 0.1) is 0 Å². The van der Waals surface area contributed by atoms with Gasteiger partial charge in [-0.3, -0.25) is 4.90 Å². The number of nitrogens with zero attached hydrogens (tertiary/aromatic N) is 1. The molecule has 2 N–H and O–H groups in total. The summed E-state index contributed by atoms with van der Waals surface area (Å²) < 4.78 is 5.44. The summed E-state index contributed by atoms with van der Waals surface area (Å²) >= 11 is 0. The second-order valence-electron chi connectivity index (χ2n) is 5.77. The topological polar surface area (TPSA) is 52.9 Å². The van der Waals surface area contributed by atoms with E-state index >= 15 is 0 Å². The van der Waals surface area contributed by atoms with Crippen molar-refractivity contribution < 1.29 is 14.9 Å². The highest BCUT2D eigenvalue weighted by atomic mass is 16.5. The van der Waals surface area contributed by atoms with E-state index in [1.54, 1.807) is 0 Å². The van der Waals surface area contributed by atoms with Gasteiger partial charge in [0.15, 0.2) is 0 Å². The van der Waals surface area contributed by atoms with Crippen molar-refractivity contribution in [2.45, 2.75) is 70.8 Å². The van der Waals surface area contributed by atoms with E-state index in [2.05, 4.69) is 4.90 Å². The van der Waals surface area contributed by atoms with Gasteiger partial charge in [0.1, 0.15) is 0 Å². The molecular weight excluding hydrogens is 230 g/mol. The van der Waals surface area contributed by atoms with E-state index in [1.165, 1.54) is 12.8 Å². The van der Waals surface area contributed by atoms with Crippen molar-refractivity contribution in [3.05, 3.63) is 0 Å². The third-order valence-corrected chi connectivity index (χ3v) is 3.43. The summed E-state index contributed by atoms with van der Waals surface area (Å²) in [5.74, 6) is 0. The summed E-state index contributed by atoms with van der Waals surface area (Å²) in [5.41, 5.74) is 0. The molecule has 1 saturated heterocycles. The minimum absolute atomic E-state index is 0.161. The summed E-state index contributed by atoms with van der Waals surface area (Å²) in [5, 5.41) is 19.5. The smallest absolute Gasteiger partial charge is 0.0900 e. The number of hydrogen-bond acceptors (Lipinski definition) is 4. The van der Waals surface area contributed by atoms with Gasteiger partial charge in [-0.05, 0) is 46.6 Å². The zero-order valence-corrected chi connectivity index (χ0v) is 12.0. The van der Waals surface area contributed by atoms with Crippen LogP contribution in [0.2, 0.25) is 0 Å². The molecule has 1 rings (SSSR count). The molecule has 0 aromatic carbocycles. The van der Waals surface area contributed by atoms with Crippen molar-refractivity contribution in [1.82, 2.24) is 4.90 Å². The number of hydrogen-bond donors (Lipinski definition) is 2. The van der Waals surface area contributed by atoms with Gasteiger partial charge in [0.2, 0.25) is 0 Å². The molecule has 1 aliphatic heterocycles. The van der Waals surface area contributed by atoms with Crippen LogP contribution in [-0.4, -0.2) is 59.2 Å². The first-order valence-electron chi connectivity index (χ1n) is 7.20. The molecule has 4 nitrogen and oxygen atoms in total. The first-order valence-corrected chi connectivity index (χ1v) is 7.20. The maximum atomic E-state index is 9.97. The number of aliphatic hydroxyl groups is 2. The van der Waals surface area contributed by atoms with Gasteiger partial charge in [-0.2, -0.15) is 0 Å². The largest absolute Gasteiger partial charge is 0.393 e. The van der Waals surface area contributed by atoms with E-state index in [1.807, 2.05) is 20.8 Å². The molecule has 1 fully saturated rings. The molecule has 0 aliphatic carbocycles. The lowest BCUT2D eigenvalue weighted by Crippen LogP contribution is -2.46. The second-order valence-corrected chi connectivity index (χ2v) is 5.77. The molecule has 0 amide bonds. The normalized spacial score (nSPS) is 25.3. The summed E-state index contributed by atoms with van der Waals surface area (Å²) in [7, 11) is 0. The SMILES string of the molecule is CC(O)CC1CCCCN1CC(O)COC(C)C. The van der Waals surface area contributed by atoms with Gasteiger partial charge in [0.05, 0.1) is 24.9 Å². The fourth-order valence-corrected chi connectivity index (χ4v) is 2.59. The summed E-state index contributed by atoms with van der Waals surface area (Å²) in [6.07, 6.45) is 3.82. The Balaban J connectivity index is 2.36. The quantitative estimate of drug-likeness (QED) is 0.725. The Labute approximate surface area is 111 Å². The van der Waals surface area contributed by atoms with Crippen LogP contribution in [0.1, 0.15) is 46.5 Å². The standard InChI is InChI=1S/C14H29NO3/c1-11(2)18-10-14(17)9-15-7-5-4-6-13(15)8-12(3)16/h11-14,16-17H,4-10H2,1-3H3. The lowest BCUT2D eigenvalue weighted by Gasteiger charge is -2.37. The predicted molar refractivity (Wildman–Crippen MR) is 72.6 cm³/mol. The first kappa shape index (κ1) is 15.9. The highest BCUT2D eigenvalue weighted by molar-refractivity contribution is 4.80. The van der Waals surface area contributed by atoms with Crippen molar-refractivity contribution >= 4 is 0 Å². The fraction of sp³-hybridized carbons (Fsp3) is 1.00. The third-order valence-electron chi connectivity index (χ3n) is 3.43. The molecule has 1 heterocycles. The van der Waals surface area contributed by atoms with Gasteiger partial charge >= 0.3 is 0 Å². The Hall–Kier alpha value is -0.160. The molecule has 0 radical (unpaired) electrons. The molecule has 3 unspecified atom stereocenters. The van der Waals surface area contributed by atoms with Crippen molar-refractivity contribution in [3.8, 4) is 0 Å². The third kappa shape index (κ3) is 6.14. The average Bonchev–Trinajstić information content (AvgIpc) is 2.28. The van der Waals surface area contributed by atoms with E-state index in [-0.39, 0.29) is 12.2 Å². The van der Waals surface area contributed by atoms with Crippen LogP contribution >= 0.6 is 0 Å². The van der Waals surface area contributed by atoms with Gasteiger partial charge in [0.25, 0.3) is 0 Å². The monoisotopic (exact) mass is 259 g/mol. The van der Waals surface area contributed by atoms with E-state index < -0.39 is 6.10 Å². The summed E-state index contributed by atoms with van der Waals surface area (Å²) in [6.45, 7) is 7.87. The molecule has 0 bridgehead atoms. The van der Waals surface area contributed by atoms with Gasteiger partial charge < -0.3 is 14.9 Å². The average molecular weight is 259 g/mol. The highest BCUT2D eigenvalue weighted by Crippen LogP contribution is 2.21. The molecule has 0 aromatic heterocycles. The van der Waals surface area contributed by atoms with E-state index in [4.69, 9.17) is 4.74 Å². The minimum Gasteiger partial charge on any atom is -0.393 e. The zero-order valence-electron chi connectivity index (χ0n) is 12.0. The molecule has 3 atom stereocenters. The Kier molecular flexibility index (Phi) is 7.15. The van der Waals surface area contributed by atoms with Crippen molar-refractivity contribution in [3.63, 3.8) is 0 Å². The molecule has 1 aliphatic rings. The molecule has 4 heteroatoms. The lowest BCUT2D eigenvalue weighted by molar-refractivity contribution is -0.0225. The van der Waals surface area contributed by atoms with Crippen LogP contribution in [0.4, 0.5) is 0 Å². The number of piperidine rings is 1. The van der Waals surface area contributed by atoms with Crippen molar-refractivity contribution in [1.29, 1.82) is 0 Å². The van der Waals surface area contributed by atoms with Gasteiger partial charge in [-0.25, -0.2) is 0 Å². The Morgan fingerprint density at radius 3 is 2.56 bits per heavy atom.